The summed E-state index contributed by atoms with van der Waals surface area (Å²) < 4.78 is 2.05. The molecule has 0 saturated carbocycles. The molecule has 0 fully saturated rings. The summed E-state index contributed by atoms with van der Waals surface area (Å²) in [5.74, 6) is 0.953. The highest BCUT2D eigenvalue weighted by Gasteiger charge is 2.04. The van der Waals surface area contributed by atoms with Crippen LogP contribution in [0.2, 0.25) is 0 Å². The summed E-state index contributed by atoms with van der Waals surface area (Å²) in [6, 6.07) is 0. The first-order valence-corrected chi connectivity index (χ1v) is 7.26. The predicted molar refractivity (Wildman–Crippen MR) is 84.9 cm³/mol. The minimum absolute atomic E-state index is 0.851. The topological polar surface area (TPSA) is 45.5 Å². The Morgan fingerprint density at radius 1 is 1.45 bits per heavy atom. The number of nitrogens with zero attached hydrogens (tertiary/aromatic N) is 4. The van der Waals surface area contributed by atoms with Gasteiger partial charge in [-0.1, -0.05) is 12.5 Å². The lowest BCUT2D eigenvalue weighted by molar-refractivity contribution is 0.453. The Kier molecular flexibility index (Phi) is 8.19. The van der Waals surface area contributed by atoms with Gasteiger partial charge in [-0.05, 0) is 19.3 Å². The van der Waals surface area contributed by atoms with E-state index in [1.54, 1.807) is 6.20 Å². The van der Waals surface area contributed by atoms with Crippen LogP contribution in [0.25, 0.3) is 0 Å². The fourth-order valence-electron chi connectivity index (χ4n) is 2.02. The fourth-order valence-corrected chi connectivity index (χ4v) is 2.02. The van der Waals surface area contributed by atoms with Crippen LogP contribution in [0.3, 0.4) is 0 Å². The SMILES string of the molecule is C=CCCCCCN(C)C(=NC)NCCn1ccnc1. The first-order valence-electron chi connectivity index (χ1n) is 7.26. The Hall–Kier alpha value is -1.78. The van der Waals surface area contributed by atoms with Crippen molar-refractivity contribution in [3.05, 3.63) is 31.4 Å². The molecular weight excluding hydrogens is 250 g/mol. The molecule has 112 valence electrons. The first-order chi connectivity index (χ1) is 9.77. The summed E-state index contributed by atoms with van der Waals surface area (Å²) in [5, 5.41) is 3.37. The van der Waals surface area contributed by atoms with Gasteiger partial charge in [0, 0.05) is 46.1 Å². The second-order valence-corrected chi connectivity index (χ2v) is 4.83. The first kappa shape index (κ1) is 16.3. The summed E-state index contributed by atoms with van der Waals surface area (Å²) in [4.78, 5) is 10.5. The van der Waals surface area contributed by atoms with Crippen LogP contribution in [-0.2, 0) is 6.54 Å². The van der Waals surface area contributed by atoms with Crippen molar-refractivity contribution in [1.82, 2.24) is 19.8 Å². The van der Waals surface area contributed by atoms with Gasteiger partial charge in [0.05, 0.1) is 6.33 Å². The van der Waals surface area contributed by atoms with Gasteiger partial charge < -0.3 is 14.8 Å². The molecule has 0 amide bonds. The van der Waals surface area contributed by atoms with Crippen LogP contribution in [0.15, 0.2) is 36.4 Å². The molecule has 1 N–H and O–H groups in total. The van der Waals surface area contributed by atoms with Crippen LogP contribution in [0.5, 0.6) is 0 Å². The zero-order valence-electron chi connectivity index (χ0n) is 12.8. The third-order valence-electron chi connectivity index (χ3n) is 3.19. The highest BCUT2D eigenvalue weighted by Crippen LogP contribution is 2.01. The van der Waals surface area contributed by atoms with Gasteiger partial charge in [-0.3, -0.25) is 4.99 Å². The van der Waals surface area contributed by atoms with Crippen molar-refractivity contribution < 1.29 is 0 Å². The number of rotatable bonds is 9. The molecule has 1 aromatic heterocycles. The molecule has 0 bridgehead atoms. The van der Waals surface area contributed by atoms with Gasteiger partial charge in [0.25, 0.3) is 0 Å². The largest absolute Gasteiger partial charge is 0.354 e. The van der Waals surface area contributed by atoms with Gasteiger partial charge in [0.15, 0.2) is 5.96 Å². The minimum atomic E-state index is 0.851. The van der Waals surface area contributed by atoms with Crippen molar-refractivity contribution in [2.45, 2.75) is 32.2 Å². The zero-order chi connectivity index (χ0) is 14.6. The number of aromatic nitrogens is 2. The quantitative estimate of drug-likeness (QED) is 0.325. The van der Waals surface area contributed by atoms with Gasteiger partial charge in [-0.2, -0.15) is 0 Å². The lowest BCUT2D eigenvalue weighted by Crippen LogP contribution is -2.40. The fraction of sp³-hybridized carbons (Fsp3) is 0.600. The molecule has 5 heteroatoms. The normalized spacial score (nSPS) is 11.4. The molecule has 0 aliphatic heterocycles. The molecule has 0 atom stereocenters. The number of nitrogens with one attached hydrogen (secondary N) is 1. The lowest BCUT2D eigenvalue weighted by atomic mass is 10.2. The van der Waals surface area contributed by atoms with Crippen LogP contribution in [-0.4, -0.2) is 47.6 Å². The van der Waals surface area contributed by atoms with E-state index in [-0.39, 0.29) is 0 Å². The third-order valence-corrected chi connectivity index (χ3v) is 3.19. The molecule has 0 aliphatic carbocycles. The van der Waals surface area contributed by atoms with Crippen LogP contribution >= 0.6 is 0 Å². The number of allylic oxidation sites excluding steroid dienone is 1. The average Bonchev–Trinajstić information content (AvgIpc) is 2.96. The second-order valence-electron chi connectivity index (χ2n) is 4.83. The maximum Gasteiger partial charge on any atom is 0.193 e. The van der Waals surface area contributed by atoms with Crippen LogP contribution < -0.4 is 5.32 Å². The van der Waals surface area contributed by atoms with Crippen molar-refractivity contribution in [3.63, 3.8) is 0 Å². The van der Waals surface area contributed by atoms with Crippen LogP contribution in [0.4, 0.5) is 0 Å². The third kappa shape index (κ3) is 6.41. The number of aliphatic imine (C=N–C) groups is 1. The number of hydrogen-bond donors (Lipinski definition) is 1. The Bertz CT molecular complexity index is 383. The van der Waals surface area contributed by atoms with Crippen molar-refractivity contribution in [2.75, 3.05) is 27.2 Å². The molecule has 1 aromatic rings. The number of imidazole rings is 1. The summed E-state index contributed by atoms with van der Waals surface area (Å²) in [7, 11) is 3.91. The van der Waals surface area contributed by atoms with E-state index in [1.807, 2.05) is 25.6 Å². The number of unbranched alkanes of at least 4 members (excludes halogenated alkanes) is 3. The summed E-state index contributed by atoms with van der Waals surface area (Å²) >= 11 is 0. The van der Waals surface area contributed by atoms with Gasteiger partial charge in [-0.25, -0.2) is 4.98 Å². The second kappa shape index (κ2) is 10.1. The monoisotopic (exact) mass is 277 g/mol. The zero-order valence-corrected chi connectivity index (χ0v) is 12.8. The highest BCUT2D eigenvalue weighted by atomic mass is 15.3. The molecule has 5 nitrogen and oxygen atoms in total. The van der Waals surface area contributed by atoms with E-state index in [1.165, 1.54) is 19.3 Å². The number of hydrogen-bond acceptors (Lipinski definition) is 2. The average molecular weight is 277 g/mol. The van der Waals surface area contributed by atoms with Crippen molar-refractivity contribution in [2.24, 2.45) is 4.99 Å². The molecule has 0 aliphatic rings. The van der Waals surface area contributed by atoms with E-state index in [0.29, 0.717) is 0 Å². The van der Waals surface area contributed by atoms with E-state index in [2.05, 4.69) is 38.4 Å². The van der Waals surface area contributed by atoms with E-state index < -0.39 is 0 Å². The standard InChI is InChI=1S/C15H27N5/c1-4-5-6-7-8-11-19(3)15(16-2)18-10-13-20-12-9-17-14-20/h4,9,12,14H,1,5-8,10-11,13H2,2-3H3,(H,16,18). The van der Waals surface area contributed by atoms with E-state index in [0.717, 1.165) is 32.0 Å². The number of guanidine groups is 1. The molecule has 0 saturated heterocycles. The maximum atomic E-state index is 4.31. The van der Waals surface area contributed by atoms with Crippen molar-refractivity contribution in [1.29, 1.82) is 0 Å². The molecule has 1 rings (SSSR count). The van der Waals surface area contributed by atoms with E-state index in [9.17, 15) is 0 Å². The smallest absolute Gasteiger partial charge is 0.193 e. The summed E-state index contributed by atoms with van der Waals surface area (Å²) in [6.45, 7) is 6.52. The maximum absolute atomic E-state index is 4.31. The van der Waals surface area contributed by atoms with Crippen molar-refractivity contribution >= 4 is 5.96 Å². The van der Waals surface area contributed by atoms with Gasteiger partial charge in [0.2, 0.25) is 0 Å². The Morgan fingerprint density at radius 3 is 2.95 bits per heavy atom. The molecule has 1 heterocycles. The Morgan fingerprint density at radius 2 is 2.30 bits per heavy atom. The summed E-state index contributed by atoms with van der Waals surface area (Å²) in [6.07, 6.45) is 12.3. The molecule has 20 heavy (non-hydrogen) atoms. The van der Waals surface area contributed by atoms with E-state index in [4.69, 9.17) is 0 Å². The van der Waals surface area contributed by atoms with Crippen LogP contribution in [0.1, 0.15) is 25.7 Å². The highest BCUT2D eigenvalue weighted by molar-refractivity contribution is 5.79. The summed E-state index contributed by atoms with van der Waals surface area (Å²) in [5.41, 5.74) is 0. The molecule has 0 radical (unpaired) electrons. The molecular formula is C15H27N5. The molecule has 0 unspecified atom stereocenters. The Labute approximate surface area is 122 Å². The van der Waals surface area contributed by atoms with Gasteiger partial charge in [0.1, 0.15) is 0 Å². The predicted octanol–water partition coefficient (Wildman–Crippen LogP) is 2.14. The van der Waals surface area contributed by atoms with Gasteiger partial charge in [-0.15, -0.1) is 6.58 Å². The Balaban J connectivity index is 2.18. The lowest BCUT2D eigenvalue weighted by Gasteiger charge is -2.22. The van der Waals surface area contributed by atoms with Crippen molar-refractivity contribution in [3.8, 4) is 0 Å². The minimum Gasteiger partial charge on any atom is -0.354 e. The van der Waals surface area contributed by atoms with Gasteiger partial charge >= 0.3 is 0 Å². The molecule has 0 aromatic carbocycles. The molecule has 0 spiro atoms. The van der Waals surface area contributed by atoms with Crippen LogP contribution in [0, 0.1) is 0 Å². The van der Waals surface area contributed by atoms with E-state index >= 15 is 0 Å².